The molecule has 2 heterocycles. The van der Waals surface area contributed by atoms with Gasteiger partial charge in [-0.1, -0.05) is 42.0 Å². The summed E-state index contributed by atoms with van der Waals surface area (Å²) in [4.78, 5) is 32.8. The molecule has 8 nitrogen and oxygen atoms in total. The SMILES string of the molecule is Cc1ccc(-c2csc(-c3ccc(-n4cnc5cc(C(=O)O)c(C(=O)O)cc54)cc3-c3cccc(N)c3)n2)cc1. The number of aromatic carboxylic acids is 2. The summed E-state index contributed by atoms with van der Waals surface area (Å²) < 4.78 is 1.74. The summed E-state index contributed by atoms with van der Waals surface area (Å²) in [6.07, 6.45) is 1.55. The van der Waals surface area contributed by atoms with E-state index in [1.54, 1.807) is 22.2 Å². The number of nitrogens with two attached hydrogens (primary N) is 1. The minimum Gasteiger partial charge on any atom is -0.478 e. The van der Waals surface area contributed by atoms with Gasteiger partial charge in [0.15, 0.2) is 0 Å². The van der Waals surface area contributed by atoms with Crippen LogP contribution in [0, 0.1) is 6.92 Å². The molecule has 2 aromatic heterocycles. The zero-order valence-corrected chi connectivity index (χ0v) is 22.0. The topological polar surface area (TPSA) is 131 Å². The third-order valence-corrected chi connectivity index (χ3v) is 7.58. The number of thiazole rings is 1. The summed E-state index contributed by atoms with van der Waals surface area (Å²) in [6, 6.07) is 24.3. The lowest BCUT2D eigenvalue weighted by Gasteiger charge is -2.13. The minimum absolute atomic E-state index is 0.305. The van der Waals surface area contributed by atoms with Crippen molar-refractivity contribution in [2.24, 2.45) is 0 Å². The quantitative estimate of drug-likeness (QED) is 0.196. The van der Waals surface area contributed by atoms with Crippen molar-refractivity contribution in [3.05, 3.63) is 107 Å². The Bertz CT molecular complexity index is 1940. The van der Waals surface area contributed by atoms with Gasteiger partial charge in [-0.15, -0.1) is 11.3 Å². The van der Waals surface area contributed by atoms with E-state index >= 15 is 0 Å². The summed E-state index contributed by atoms with van der Waals surface area (Å²) in [7, 11) is 0. The van der Waals surface area contributed by atoms with Crippen LogP contribution in [0.15, 0.2) is 90.6 Å². The van der Waals surface area contributed by atoms with Crippen molar-refractivity contribution in [1.82, 2.24) is 14.5 Å². The summed E-state index contributed by atoms with van der Waals surface area (Å²) in [5, 5.41) is 22.0. The highest BCUT2D eigenvalue weighted by atomic mass is 32.1. The van der Waals surface area contributed by atoms with E-state index in [0.717, 1.165) is 38.6 Å². The van der Waals surface area contributed by atoms with E-state index < -0.39 is 11.9 Å². The molecule has 0 spiro atoms. The third-order valence-electron chi connectivity index (χ3n) is 6.71. The molecule has 196 valence electrons. The number of nitrogens with zero attached hydrogens (tertiary/aromatic N) is 3. The molecule has 0 saturated carbocycles. The van der Waals surface area contributed by atoms with E-state index in [4.69, 9.17) is 10.7 Å². The first-order valence-corrected chi connectivity index (χ1v) is 13.2. The van der Waals surface area contributed by atoms with E-state index in [-0.39, 0.29) is 11.1 Å². The van der Waals surface area contributed by atoms with Crippen LogP contribution in [0.5, 0.6) is 0 Å². The van der Waals surface area contributed by atoms with Gasteiger partial charge in [0.1, 0.15) is 11.3 Å². The van der Waals surface area contributed by atoms with E-state index in [1.165, 1.54) is 17.7 Å². The normalized spacial score (nSPS) is 11.1. The third kappa shape index (κ3) is 4.48. The zero-order chi connectivity index (χ0) is 28.0. The van der Waals surface area contributed by atoms with Gasteiger partial charge in [-0.3, -0.25) is 4.57 Å². The lowest BCUT2D eigenvalue weighted by Crippen LogP contribution is -2.08. The second-order valence-electron chi connectivity index (χ2n) is 9.37. The Kier molecular flexibility index (Phi) is 6.13. The van der Waals surface area contributed by atoms with E-state index in [1.807, 2.05) is 54.8 Å². The fourth-order valence-electron chi connectivity index (χ4n) is 4.68. The summed E-state index contributed by atoms with van der Waals surface area (Å²) in [5.74, 6) is -2.65. The molecule has 0 aliphatic heterocycles. The predicted molar refractivity (Wildman–Crippen MR) is 156 cm³/mol. The smallest absolute Gasteiger partial charge is 0.336 e. The van der Waals surface area contributed by atoms with Gasteiger partial charge >= 0.3 is 11.9 Å². The fraction of sp³-hybridized carbons (Fsp3) is 0.0323. The first-order valence-electron chi connectivity index (χ1n) is 12.3. The van der Waals surface area contributed by atoms with Gasteiger partial charge < -0.3 is 15.9 Å². The number of carboxylic acid groups (broad SMARTS) is 2. The van der Waals surface area contributed by atoms with Gasteiger partial charge in [-0.2, -0.15) is 0 Å². The zero-order valence-electron chi connectivity index (χ0n) is 21.2. The predicted octanol–water partition coefficient (Wildman–Crippen LogP) is 6.77. The molecule has 0 aliphatic rings. The Morgan fingerprint density at radius 3 is 2.33 bits per heavy atom. The number of imidazole rings is 1. The van der Waals surface area contributed by atoms with E-state index in [9.17, 15) is 19.8 Å². The first kappa shape index (κ1) is 25.0. The highest BCUT2D eigenvalue weighted by molar-refractivity contribution is 7.13. The maximum absolute atomic E-state index is 11.8. The second-order valence-corrected chi connectivity index (χ2v) is 10.2. The van der Waals surface area contributed by atoms with Crippen molar-refractivity contribution in [2.75, 3.05) is 5.73 Å². The van der Waals surface area contributed by atoms with Gasteiger partial charge in [0, 0.05) is 27.9 Å². The Morgan fingerprint density at radius 1 is 0.850 bits per heavy atom. The molecule has 6 aromatic rings. The second kappa shape index (κ2) is 9.79. The molecule has 6 rings (SSSR count). The molecule has 4 N–H and O–H groups in total. The number of nitrogen functional groups attached to an aromatic ring is 1. The molecule has 0 fully saturated rings. The number of carboxylic acids is 2. The van der Waals surface area contributed by atoms with Crippen LogP contribution in [0.25, 0.3) is 49.7 Å². The number of fused-ring (bicyclic) bond motifs is 1. The average molecular weight is 547 g/mol. The Balaban J connectivity index is 1.51. The van der Waals surface area contributed by atoms with Crippen LogP contribution in [-0.2, 0) is 0 Å². The van der Waals surface area contributed by atoms with Crippen LogP contribution < -0.4 is 5.73 Å². The van der Waals surface area contributed by atoms with Crippen LogP contribution in [-0.4, -0.2) is 36.7 Å². The number of aromatic nitrogens is 3. The van der Waals surface area contributed by atoms with Gasteiger partial charge in [0.25, 0.3) is 0 Å². The molecule has 9 heteroatoms. The lowest BCUT2D eigenvalue weighted by molar-refractivity contribution is 0.0652. The highest BCUT2D eigenvalue weighted by Gasteiger charge is 2.20. The molecule has 40 heavy (non-hydrogen) atoms. The van der Waals surface area contributed by atoms with E-state index in [0.29, 0.717) is 16.7 Å². The van der Waals surface area contributed by atoms with Gasteiger partial charge in [0.2, 0.25) is 0 Å². The number of aryl methyl sites for hydroxylation is 1. The van der Waals surface area contributed by atoms with E-state index in [2.05, 4.69) is 29.2 Å². The van der Waals surface area contributed by atoms with Crippen molar-refractivity contribution in [3.63, 3.8) is 0 Å². The molecule has 0 saturated heterocycles. The van der Waals surface area contributed by atoms with Crippen molar-refractivity contribution < 1.29 is 19.8 Å². The molecule has 0 aliphatic carbocycles. The largest absolute Gasteiger partial charge is 0.478 e. The van der Waals surface area contributed by atoms with Crippen molar-refractivity contribution in [1.29, 1.82) is 0 Å². The Labute approximate surface area is 232 Å². The van der Waals surface area contributed by atoms with Crippen molar-refractivity contribution in [3.8, 4) is 38.6 Å². The first-order chi connectivity index (χ1) is 19.3. The van der Waals surface area contributed by atoms with Gasteiger partial charge in [-0.05, 0) is 60.5 Å². The van der Waals surface area contributed by atoms with Crippen LogP contribution in [0.2, 0.25) is 0 Å². The number of hydrogen-bond donors (Lipinski definition) is 3. The summed E-state index contributed by atoms with van der Waals surface area (Å²) in [6.45, 7) is 2.05. The molecule has 0 amide bonds. The van der Waals surface area contributed by atoms with Gasteiger partial charge in [0.05, 0.1) is 27.9 Å². The molecule has 0 unspecified atom stereocenters. The summed E-state index contributed by atoms with van der Waals surface area (Å²) in [5.41, 5.74) is 13.5. The summed E-state index contributed by atoms with van der Waals surface area (Å²) >= 11 is 1.55. The van der Waals surface area contributed by atoms with Crippen LogP contribution in [0.3, 0.4) is 0 Å². The number of benzene rings is 4. The van der Waals surface area contributed by atoms with Crippen LogP contribution >= 0.6 is 11.3 Å². The number of anilines is 1. The van der Waals surface area contributed by atoms with Gasteiger partial charge in [-0.25, -0.2) is 19.6 Å². The molecule has 4 aromatic carbocycles. The molecule has 0 bridgehead atoms. The van der Waals surface area contributed by atoms with Crippen LogP contribution in [0.4, 0.5) is 5.69 Å². The highest BCUT2D eigenvalue weighted by Crippen LogP contribution is 2.38. The van der Waals surface area contributed by atoms with Crippen molar-refractivity contribution in [2.45, 2.75) is 6.92 Å². The molecular formula is C31H22N4O4S. The number of carbonyl (C=O) groups is 2. The monoisotopic (exact) mass is 546 g/mol. The average Bonchev–Trinajstić information content (AvgIpc) is 3.60. The molecule has 0 atom stereocenters. The minimum atomic E-state index is -1.32. The van der Waals surface area contributed by atoms with Crippen molar-refractivity contribution >= 4 is 40.0 Å². The standard InChI is InChI=1S/C31H22N4O4S/c1-17-5-7-18(8-6-17)27-15-40-29(34-27)22-10-9-21(12-23(22)19-3-2-4-20(32)11-19)35-16-33-26-13-24(30(36)37)25(31(38)39)14-28(26)35/h2-16H,32H2,1H3,(H,36,37)(H,38,39). The Hall–Kier alpha value is -5.28. The lowest BCUT2D eigenvalue weighted by atomic mass is 9.98. The maximum Gasteiger partial charge on any atom is 0.336 e. The number of rotatable bonds is 6. The Morgan fingerprint density at radius 2 is 1.60 bits per heavy atom. The fourth-order valence-corrected chi connectivity index (χ4v) is 5.55. The number of hydrogen-bond acceptors (Lipinski definition) is 6. The maximum atomic E-state index is 11.8. The molecular weight excluding hydrogens is 524 g/mol. The van der Waals surface area contributed by atoms with Crippen LogP contribution in [0.1, 0.15) is 26.3 Å². The molecule has 0 radical (unpaired) electrons.